The Balaban J connectivity index is 0.00000240. The van der Waals surface area contributed by atoms with Crippen LogP contribution in [0.2, 0.25) is 0 Å². The van der Waals surface area contributed by atoms with Crippen molar-refractivity contribution >= 4 is 23.0 Å². The van der Waals surface area contributed by atoms with E-state index >= 15 is 0 Å². The van der Waals surface area contributed by atoms with E-state index in [0.29, 0.717) is 0 Å². The smallest absolute Gasteiger partial charge is 0.265 e. The van der Waals surface area contributed by atoms with E-state index < -0.39 is 0 Å². The molecule has 0 saturated heterocycles. The molecule has 0 fully saturated rings. The van der Waals surface area contributed by atoms with Gasteiger partial charge in [-0.1, -0.05) is 11.3 Å². The number of allylic oxidation sites excluding steroid dienone is 1. The highest BCUT2D eigenvalue weighted by atomic mass is 79.9. The van der Waals surface area contributed by atoms with Crippen molar-refractivity contribution < 1.29 is 35.4 Å². The molecule has 3 nitrogen and oxygen atoms in total. The molecule has 0 spiro atoms. The van der Waals surface area contributed by atoms with Gasteiger partial charge in [-0.05, 0) is 55.3 Å². The molecule has 3 aromatic rings. The lowest BCUT2D eigenvalue weighted by molar-refractivity contribution is -0.683. The van der Waals surface area contributed by atoms with Crippen LogP contribution in [0.25, 0.3) is 22.9 Å². The maximum absolute atomic E-state index is 13.3. The molecule has 0 saturated carbocycles. The molecule has 0 N–H and O–H groups in total. The highest BCUT2D eigenvalue weighted by Gasteiger charge is 2.27. The molecular formula is C23H23BrFNO2S. The zero-order valence-corrected chi connectivity index (χ0v) is 18.9. The van der Waals surface area contributed by atoms with Crippen molar-refractivity contribution in [3.8, 4) is 22.8 Å². The van der Waals surface area contributed by atoms with Crippen LogP contribution in [-0.4, -0.2) is 14.2 Å². The van der Waals surface area contributed by atoms with E-state index in [4.69, 9.17) is 9.47 Å². The molecular weight excluding hydrogens is 453 g/mol. The Morgan fingerprint density at radius 3 is 2.55 bits per heavy atom. The molecule has 6 heteroatoms. The number of methoxy groups -OCH3 is 2. The topological polar surface area (TPSA) is 22.3 Å². The van der Waals surface area contributed by atoms with Crippen LogP contribution >= 0.6 is 11.3 Å². The predicted octanol–water partition coefficient (Wildman–Crippen LogP) is 2.59. The van der Waals surface area contributed by atoms with E-state index in [1.807, 2.05) is 30.3 Å². The van der Waals surface area contributed by atoms with Crippen molar-refractivity contribution in [2.75, 3.05) is 14.2 Å². The van der Waals surface area contributed by atoms with Gasteiger partial charge in [-0.3, -0.25) is 0 Å². The minimum atomic E-state index is -0.206. The summed E-state index contributed by atoms with van der Waals surface area (Å²) in [5, 5.41) is 3.43. The van der Waals surface area contributed by atoms with Gasteiger partial charge in [-0.25, -0.2) is 4.39 Å². The molecule has 4 rings (SSSR count). The average molecular weight is 476 g/mol. The summed E-state index contributed by atoms with van der Waals surface area (Å²) < 4.78 is 26.6. The fourth-order valence-corrected chi connectivity index (χ4v) is 4.73. The summed E-state index contributed by atoms with van der Waals surface area (Å²) in [4.78, 5) is 0. The van der Waals surface area contributed by atoms with Gasteiger partial charge in [-0.2, -0.15) is 4.57 Å². The molecule has 29 heavy (non-hydrogen) atoms. The summed E-state index contributed by atoms with van der Waals surface area (Å²) in [6.07, 6.45) is 5.51. The van der Waals surface area contributed by atoms with E-state index in [1.165, 1.54) is 22.7 Å². The normalized spacial score (nSPS) is 14.7. The Labute approximate surface area is 185 Å². The summed E-state index contributed by atoms with van der Waals surface area (Å²) in [6, 6.07) is 12.7. The molecule has 0 radical (unpaired) electrons. The molecule has 0 unspecified atom stereocenters. The lowest BCUT2D eigenvalue weighted by Crippen LogP contribution is -3.00. The number of thiazole rings is 1. The zero-order chi connectivity index (χ0) is 19.5. The van der Waals surface area contributed by atoms with Gasteiger partial charge in [-0.15, -0.1) is 0 Å². The van der Waals surface area contributed by atoms with Crippen LogP contribution in [0.15, 0.2) is 47.8 Å². The van der Waals surface area contributed by atoms with Gasteiger partial charge in [0.05, 0.1) is 19.6 Å². The average Bonchev–Trinajstić information content (AvgIpc) is 3.04. The number of fused-ring (bicyclic) bond motifs is 1. The van der Waals surface area contributed by atoms with Crippen LogP contribution < -0.4 is 31.0 Å². The Morgan fingerprint density at radius 2 is 1.83 bits per heavy atom. The van der Waals surface area contributed by atoms with Gasteiger partial charge in [0.25, 0.3) is 5.01 Å². The third-order valence-electron chi connectivity index (χ3n) is 5.08. The lowest BCUT2D eigenvalue weighted by atomic mass is 10.1. The SMILES string of the molecule is COc1ccc(/C=C2\CCCC[n+]3c(-c4ccc(F)cc4)csc32)c(OC)c1.[Br-]. The Bertz CT molecular complexity index is 1010. The Hall–Kier alpha value is -2.18. The molecule has 1 aliphatic heterocycles. The molecule has 2 aromatic carbocycles. The fraction of sp³-hybridized carbons (Fsp3) is 0.261. The maximum Gasteiger partial charge on any atom is 0.265 e. The van der Waals surface area contributed by atoms with Crippen LogP contribution in [0.1, 0.15) is 29.8 Å². The van der Waals surface area contributed by atoms with Crippen LogP contribution in [-0.2, 0) is 6.54 Å². The number of rotatable bonds is 4. The summed E-state index contributed by atoms with van der Waals surface area (Å²) in [5.74, 6) is 1.38. The summed E-state index contributed by atoms with van der Waals surface area (Å²) in [5.41, 5.74) is 4.55. The number of hydrogen-bond acceptors (Lipinski definition) is 3. The maximum atomic E-state index is 13.3. The van der Waals surface area contributed by atoms with Crippen molar-refractivity contribution in [2.45, 2.75) is 25.8 Å². The summed E-state index contributed by atoms with van der Waals surface area (Å²) in [7, 11) is 3.34. The standard InChI is InChI=1S/C23H23FNO2S.BrH/c1-26-20-11-8-17(22(14-20)27-2)13-18-5-3-4-12-25-21(15-28-23(18)25)16-6-9-19(24)10-7-16;/h6-11,13-15H,3-5,12H2,1-2H3;1H/q+1;/p-1/b18-13+;. The molecule has 2 heterocycles. The van der Waals surface area contributed by atoms with Gasteiger partial charge in [0.1, 0.15) is 17.3 Å². The number of hydrogen-bond donors (Lipinski definition) is 0. The van der Waals surface area contributed by atoms with Gasteiger partial charge >= 0.3 is 0 Å². The largest absolute Gasteiger partial charge is 1.00 e. The first kappa shape index (κ1) is 21.5. The third kappa shape index (κ3) is 4.54. The Kier molecular flexibility index (Phi) is 7.09. The molecule has 1 aromatic heterocycles. The zero-order valence-electron chi connectivity index (χ0n) is 16.5. The first-order valence-electron chi connectivity index (χ1n) is 9.40. The first-order valence-corrected chi connectivity index (χ1v) is 10.3. The van der Waals surface area contributed by atoms with E-state index in [0.717, 1.165) is 54.1 Å². The van der Waals surface area contributed by atoms with Crippen LogP contribution in [0.4, 0.5) is 4.39 Å². The van der Waals surface area contributed by atoms with Crippen LogP contribution in [0, 0.1) is 5.82 Å². The monoisotopic (exact) mass is 475 g/mol. The minimum Gasteiger partial charge on any atom is -1.00 e. The fourth-order valence-electron chi connectivity index (χ4n) is 3.62. The third-order valence-corrected chi connectivity index (χ3v) is 6.13. The van der Waals surface area contributed by atoms with E-state index in [-0.39, 0.29) is 22.8 Å². The molecule has 152 valence electrons. The van der Waals surface area contributed by atoms with Gasteiger partial charge < -0.3 is 26.5 Å². The van der Waals surface area contributed by atoms with Crippen molar-refractivity contribution in [1.82, 2.24) is 0 Å². The number of benzene rings is 2. The number of halogens is 2. The molecule has 0 bridgehead atoms. The van der Waals surface area contributed by atoms with Crippen LogP contribution in [0.5, 0.6) is 11.5 Å². The summed E-state index contributed by atoms with van der Waals surface area (Å²) >= 11 is 1.75. The van der Waals surface area contributed by atoms with E-state index in [2.05, 4.69) is 16.0 Å². The highest BCUT2D eigenvalue weighted by molar-refractivity contribution is 7.10. The second-order valence-electron chi connectivity index (χ2n) is 6.82. The lowest BCUT2D eigenvalue weighted by Gasteiger charge is -2.08. The second-order valence-corrected chi connectivity index (χ2v) is 7.68. The van der Waals surface area contributed by atoms with Crippen LogP contribution in [0.3, 0.4) is 0 Å². The van der Waals surface area contributed by atoms with Crippen molar-refractivity contribution in [2.24, 2.45) is 0 Å². The molecule has 1 aliphatic rings. The van der Waals surface area contributed by atoms with Crippen molar-refractivity contribution in [3.63, 3.8) is 0 Å². The highest BCUT2D eigenvalue weighted by Crippen LogP contribution is 2.34. The quantitative estimate of drug-likeness (QED) is 0.541. The second kappa shape index (κ2) is 9.55. The molecule has 0 atom stereocenters. The van der Waals surface area contributed by atoms with E-state index in [1.54, 1.807) is 25.6 Å². The minimum absolute atomic E-state index is 0. The number of ether oxygens (including phenoxy) is 2. The number of nitrogens with zero attached hydrogens (tertiary/aromatic N) is 1. The molecule has 0 amide bonds. The van der Waals surface area contributed by atoms with Gasteiger partial charge in [0, 0.05) is 29.2 Å². The van der Waals surface area contributed by atoms with E-state index in [9.17, 15) is 4.39 Å². The summed E-state index contributed by atoms with van der Waals surface area (Å²) in [6.45, 7) is 0.975. The Morgan fingerprint density at radius 1 is 1.03 bits per heavy atom. The van der Waals surface area contributed by atoms with Crippen molar-refractivity contribution in [1.29, 1.82) is 0 Å². The van der Waals surface area contributed by atoms with Gasteiger partial charge in [0.2, 0.25) is 5.69 Å². The van der Waals surface area contributed by atoms with Crippen molar-refractivity contribution in [3.05, 3.63) is 64.2 Å². The number of aromatic nitrogens is 1. The first-order chi connectivity index (χ1) is 13.7. The molecule has 0 aliphatic carbocycles. The van der Waals surface area contributed by atoms with Gasteiger partial charge in [0.15, 0.2) is 6.54 Å². The predicted molar refractivity (Wildman–Crippen MR) is 111 cm³/mol.